The van der Waals surface area contributed by atoms with E-state index in [9.17, 15) is 9.90 Å². The van der Waals surface area contributed by atoms with Gasteiger partial charge in [-0.1, -0.05) is 0 Å². The minimum atomic E-state index is -0.411. The molecule has 0 saturated heterocycles. The summed E-state index contributed by atoms with van der Waals surface area (Å²) in [5, 5.41) is 23.5. The van der Waals surface area contributed by atoms with Crippen LogP contribution in [0.5, 0.6) is 0 Å². The molecule has 2 N–H and O–H groups in total. The predicted octanol–water partition coefficient (Wildman–Crippen LogP) is 1.35. The van der Waals surface area contributed by atoms with Gasteiger partial charge >= 0.3 is 6.03 Å². The van der Waals surface area contributed by atoms with Crippen LogP contribution in [-0.2, 0) is 0 Å². The summed E-state index contributed by atoms with van der Waals surface area (Å²) < 4.78 is 1.57. The van der Waals surface area contributed by atoms with E-state index in [4.69, 9.17) is 0 Å². The van der Waals surface area contributed by atoms with Crippen molar-refractivity contribution in [2.24, 2.45) is 0 Å². The second-order valence-corrected chi connectivity index (χ2v) is 5.98. The van der Waals surface area contributed by atoms with Gasteiger partial charge in [0.15, 0.2) is 0 Å². The molecule has 2 amide bonds. The molecule has 0 atom stereocenters. The number of carbonyl (C=O) groups is 1. The van der Waals surface area contributed by atoms with Crippen molar-refractivity contribution in [1.29, 1.82) is 0 Å². The molecule has 0 radical (unpaired) electrons. The SMILES string of the molecule is Cc1cc(NC(=O)N(C)C2(CO)CCC2)ccc1-n1cnnn1. The highest BCUT2D eigenvalue weighted by atomic mass is 16.3. The number of likely N-dealkylation sites (N-methyl/N-ethyl adjacent to an activating group) is 1. The van der Waals surface area contributed by atoms with Crippen LogP contribution in [0.15, 0.2) is 24.5 Å². The summed E-state index contributed by atoms with van der Waals surface area (Å²) in [7, 11) is 1.73. The average molecular weight is 316 g/mol. The fraction of sp³-hybridized carbons (Fsp3) is 0.467. The average Bonchev–Trinajstić information content (AvgIpc) is 3.00. The lowest BCUT2D eigenvalue weighted by molar-refractivity contribution is 0.0153. The maximum atomic E-state index is 12.4. The van der Waals surface area contributed by atoms with Crippen molar-refractivity contribution >= 4 is 11.7 Å². The van der Waals surface area contributed by atoms with Crippen LogP contribution in [0.3, 0.4) is 0 Å². The molecule has 1 aliphatic rings. The van der Waals surface area contributed by atoms with Crippen LogP contribution >= 0.6 is 0 Å². The Balaban J connectivity index is 1.73. The molecule has 8 heteroatoms. The number of benzene rings is 1. The van der Waals surface area contributed by atoms with E-state index in [1.54, 1.807) is 16.6 Å². The molecule has 23 heavy (non-hydrogen) atoms. The van der Waals surface area contributed by atoms with Crippen molar-refractivity contribution < 1.29 is 9.90 Å². The zero-order chi connectivity index (χ0) is 16.4. The highest BCUT2D eigenvalue weighted by molar-refractivity contribution is 5.90. The molecular formula is C15H20N6O2. The number of nitrogens with one attached hydrogen (secondary N) is 1. The number of carbonyl (C=O) groups excluding carboxylic acids is 1. The third kappa shape index (κ3) is 2.77. The Bertz CT molecular complexity index is 690. The molecule has 3 rings (SSSR count). The Morgan fingerprint density at radius 2 is 2.26 bits per heavy atom. The number of hydrogen-bond donors (Lipinski definition) is 2. The van der Waals surface area contributed by atoms with Crippen molar-refractivity contribution in [2.45, 2.75) is 31.7 Å². The van der Waals surface area contributed by atoms with E-state index in [-0.39, 0.29) is 12.6 Å². The summed E-state index contributed by atoms with van der Waals surface area (Å²) in [6.45, 7) is 1.92. The third-order valence-corrected chi connectivity index (χ3v) is 4.64. The Morgan fingerprint density at radius 1 is 1.48 bits per heavy atom. The highest BCUT2D eigenvalue weighted by Gasteiger charge is 2.42. The van der Waals surface area contributed by atoms with Crippen molar-refractivity contribution in [3.8, 4) is 5.69 Å². The third-order valence-electron chi connectivity index (χ3n) is 4.64. The molecule has 0 spiro atoms. The summed E-state index contributed by atoms with van der Waals surface area (Å²) in [5.41, 5.74) is 2.08. The van der Waals surface area contributed by atoms with Gasteiger partial charge in [-0.3, -0.25) is 0 Å². The van der Waals surface area contributed by atoms with E-state index in [0.717, 1.165) is 30.5 Å². The van der Waals surface area contributed by atoms with Crippen LogP contribution in [0.4, 0.5) is 10.5 Å². The number of nitrogens with zero attached hydrogens (tertiary/aromatic N) is 5. The summed E-state index contributed by atoms with van der Waals surface area (Å²) in [5.74, 6) is 0. The Kier molecular flexibility index (Phi) is 3.99. The summed E-state index contributed by atoms with van der Waals surface area (Å²) >= 11 is 0. The normalized spacial score (nSPS) is 15.8. The largest absolute Gasteiger partial charge is 0.394 e. The van der Waals surface area contributed by atoms with Gasteiger partial charge in [0, 0.05) is 12.7 Å². The first kappa shape index (κ1) is 15.4. The monoisotopic (exact) mass is 316 g/mol. The summed E-state index contributed by atoms with van der Waals surface area (Å²) in [4.78, 5) is 14.0. The fourth-order valence-corrected chi connectivity index (χ4v) is 2.87. The standard InChI is InChI=1S/C15H20N6O2/c1-11-8-12(4-5-13(11)21-10-16-18-19-21)17-14(23)20(2)15(9-22)6-3-7-15/h4-5,8,10,22H,3,6-7,9H2,1-2H3,(H,17,23). The van der Waals surface area contributed by atoms with Crippen LogP contribution in [0.2, 0.25) is 0 Å². The maximum absolute atomic E-state index is 12.4. The van der Waals surface area contributed by atoms with E-state index >= 15 is 0 Å². The number of aliphatic hydroxyl groups excluding tert-OH is 1. The number of urea groups is 1. The van der Waals surface area contributed by atoms with Gasteiger partial charge in [-0.15, -0.1) is 5.10 Å². The van der Waals surface area contributed by atoms with Crippen molar-refractivity contribution in [3.63, 3.8) is 0 Å². The summed E-state index contributed by atoms with van der Waals surface area (Å²) in [6.07, 6.45) is 4.24. The fourth-order valence-electron chi connectivity index (χ4n) is 2.87. The lowest BCUT2D eigenvalue weighted by atomic mass is 9.76. The molecule has 1 fully saturated rings. The number of rotatable bonds is 4. The Labute approximate surface area is 134 Å². The van der Waals surface area contributed by atoms with Gasteiger partial charge < -0.3 is 15.3 Å². The molecule has 1 saturated carbocycles. The molecule has 8 nitrogen and oxygen atoms in total. The molecule has 0 aliphatic heterocycles. The van der Waals surface area contributed by atoms with Gasteiger partial charge in [0.05, 0.1) is 17.8 Å². The molecular weight excluding hydrogens is 296 g/mol. The molecule has 1 aliphatic carbocycles. The number of aliphatic hydroxyl groups is 1. The lowest BCUT2D eigenvalue weighted by Gasteiger charge is -2.47. The van der Waals surface area contributed by atoms with Gasteiger partial charge in [-0.25, -0.2) is 9.48 Å². The zero-order valence-electron chi connectivity index (χ0n) is 13.2. The molecule has 1 aromatic heterocycles. The molecule has 1 heterocycles. The van der Waals surface area contributed by atoms with Crippen LogP contribution in [0.1, 0.15) is 24.8 Å². The minimum absolute atomic E-state index is 0.00577. The van der Waals surface area contributed by atoms with Gasteiger partial charge in [0.25, 0.3) is 0 Å². The van der Waals surface area contributed by atoms with Gasteiger partial charge in [-0.2, -0.15) is 0 Å². The van der Waals surface area contributed by atoms with Crippen LogP contribution in [0.25, 0.3) is 5.69 Å². The minimum Gasteiger partial charge on any atom is -0.394 e. The second kappa shape index (κ2) is 5.96. The van der Waals surface area contributed by atoms with Crippen molar-refractivity contribution in [3.05, 3.63) is 30.1 Å². The lowest BCUT2D eigenvalue weighted by Crippen LogP contribution is -2.57. The Hall–Kier alpha value is -2.48. The highest BCUT2D eigenvalue weighted by Crippen LogP contribution is 2.36. The van der Waals surface area contributed by atoms with E-state index in [2.05, 4.69) is 20.8 Å². The molecule has 0 unspecified atom stereocenters. The first-order chi connectivity index (χ1) is 11.1. The van der Waals surface area contributed by atoms with Gasteiger partial charge in [-0.05, 0) is 60.4 Å². The number of amides is 2. The van der Waals surface area contributed by atoms with Crippen LogP contribution in [0, 0.1) is 6.92 Å². The second-order valence-electron chi connectivity index (χ2n) is 5.98. The van der Waals surface area contributed by atoms with Gasteiger partial charge in [0.2, 0.25) is 0 Å². The van der Waals surface area contributed by atoms with E-state index in [0.29, 0.717) is 5.69 Å². The van der Waals surface area contributed by atoms with Crippen molar-refractivity contribution in [1.82, 2.24) is 25.1 Å². The molecule has 122 valence electrons. The zero-order valence-corrected chi connectivity index (χ0v) is 13.2. The quantitative estimate of drug-likeness (QED) is 0.887. The van der Waals surface area contributed by atoms with E-state index in [1.165, 1.54) is 6.33 Å². The molecule has 0 bridgehead atoms. The van der Waals surface area contributed by atoms with Crippen LogP contribution in [-0.4, -0.2) is 55.4 Å². The predicted molar refractivity (Wildman–Crippen MR) is 84.3 cm³/mol. The molecule has 2 aromatic rings. The molecule has 1 aromatic carbocycles. The maximum Gasteiger partial charge on any atom is 0.322 e. The topological polar surface area (TPSA) is 96.2 Å². The number of tetrazole rings is 1. The van der Waals surface area contributed by atoms with E-state index < -0.39 is 5.54 Å². The van der Waals surface area contributed by atoms with E-state index in [1.807, 2.05) is 25.1 Å². The summed E-state index contributed by atoms with van der Waals surface area (Å²) in [6, 6.07) is 5.32. The number of anilines is 1. The van der Waals surface area contributed by atoms with Crippen molar-refractivity contribution in [2.75, 3.05) is 19.0 Å². The Morgan fingerprint density at radius 3 is 2.78 bits per heavy atom. The number of aromatic nitrogens is 4. The van der Waals surface area contributed by atoms with Crippen LogP contribution < -0.4 is 5.32 Å². The first-order valence-electron chi connectivity index (χ1n) is 7.55. The number of aryl methyl sites for hydroxylation is 1. The number of hydrogen-bond acceptors (Lipinski definition) is 5. The smallest absolute Gasteiger partial charge is 0.322 e. The first-order valence-corrected chi connectivity index (χ1v) is 7.55. The van der Waals surface area contributed by atoms with Gasteiger partial charge in [0.1, 0.15) is 6.33 Å².